The molecular formula is C17H20N2O2. The summed E-state index contributed by atoms with van der Waals surface area (Å²) in [7, 11) is 0. The quantitative estimate of drug-likeness (QED) is 0.790. The maximum atomic E-state index is 12.1. The molecule has 2 aromatic rings. The van der Waals surface area contributed by atoms with Crippen molar-refractivity contribution in [1.29, 1.82) is 0 Å². The average molecular weight is 284 g/mol. The highest BCUT2D eigenvalue weighted by molar-refractivity contribution is 6.04. The van der Waals surface area contributed by atoms with Crippen LogP contribution in [0.1, 0.15) is 28.4 Å². The van der Waals surface area contributed by atoms with Crippen molar-refractivity contribution in [3.63, 3.8) is 0 Å². The lowest BCUT2D eigenvalue weighted by Crippen LogP contribution is -2.13. The summed E-state index contributed by atoms with van der Waals surface area (Å²) in [4.78, 5) is 12.1. The van der Waals surface area contributed by atoms with Crippen LogP contribution in [0, 0.1) is 6.92 Å². The number of amides is 1. The molecule has 2 rings (SSSR count). The second-order valence-corrected chi connectivity index (χ2v) is 4.93. The number of rotatable bonds is 5. The minimum absolute atomic E-state index is 0.128. The van der Waals surface area contributed by atoms with Crippen LogP contribution in [-0.4, -0.2) is 17.6 Å². The SMILES string of the molecule is CCNCc1ccc(NC(=O)c2ccc(C)c(O)c2)cc1. The third-order valence-electron chi connectivity index (χ3n) is 3.26. The Morgan fingerprint density at radius 2 is 1.86 bits per heavy atom. The van der Waals surface area contributed by atoms with E-state index in [9.17, 15) is 9.90 Å². The smallest absolute Gasteiger partial charge is 0.255 e. The van der Waals surface area contributed by atoms with Gasteiger partial charge in [0.15, 0.2) is 0 Å². The molecule has 0 saturated carbocycles. The minimum atomic E-state index is -0.232. The van der Waals surface area contributed by atoms with Gasteiger partial charge in [-0.15, -0.1) is 0 Å². The maximum absolute atomic E-state index is 12.1. The van der Waals surface area contributed by atoms with Crippen molar-refractivity contribution in [2.24, 2.45) is 0 Å². The van der Waals surface area contributed by atoms with E-state index in [0.29, 0.717) is 5.56 Å². The number of phenolic OH excluding ortho intramolecular Hbond substituents is 1. The molecule has 110 valence electrons. The van der Waals surface area contributed by atoms with Crippen molar-refractivity contribution in [2.75, 3.05) is 11.9 Å². The summed E-state index contributed by atoms with van der Waals surface area (Å²) in [6, 6.07) is 12.6. The number of aryl methyl sites for hydroxylation is 1. The number of nitrogens with one attached hydrogen (secondary N) is 2. The summed E-state index contributed by atoms with van der Waals surface area (Å²) in [5.74, 6) is -0.103. The standard InChI is InChI=1S/C17H20N2O2/c1-3-18-11-13-5-8-15(9-6-13)19-17(21)14-7-4-12(2)16(20)10-14/h4-10,18,20H,3,11H2,1-2H3,(H,19,21). The highest BCUT2D eigenvalue weighted by Crippen LogP contribution is 2.18. The molecule has 1 amide bonds. The van der Waals surface area contributed by atoms with Gasteiger partial charge >= 0.3 is 0 Å². The Morgan fingerprint density at radius 3 is 2.48 bits per heavy atom. The summed E-state index contributed by atoms with van der Waals surface area (Å²) in [5.41, 5.74) is 3.09. The van der Waals surface area contributed by atoms with Gasteiger partial charge in [-0.2, -0.15) is 0 Å². The lowest BCUT2D eigenvalue weighted by Gasteiger charge is -2.08. The predicted octanol–water partition coefficient (Wildman–Crippen LogP) is 3.06. The van der Waals surface area contributed by atoms with Crippen molar-refractivity contribution in [1.82, 2.24) is 5.32 Å². The van der Waals surface area contributed by atoms with Gasteiger partial charge in [-0.25, -0.2) is 0 Å². The van der Waals surface area contributed by atoms with Gasteiger partial charge in [-0.05, 0) is 48.9 Å². The van der Waals surface area contributed by atoms with Gasteiger partial charge in [0.05, 0.1) is 0 Å². The Morgan fingerprint density at radius 1 is 1.14 bits per heavy atom. The van der Waals surface area contributed by atoms with E-state index in [1.807, 2.05) is 24.3 Å². The van der Waals surface area contributed by atoms with E-state index >= 15 is 0 Å². The molecule has 0 saturated heterocycles. The zero-order valence-electron chi connectivity index (χ0n) is 12.3. The first kappa shape index (κ1) is 15.1. The van der Waals surface area contributed by atoms with E-state index in [-0.39, 0.29) is 11.7 Å². The number of carbonyl (C=O) groups excluding carboxylic acids is 1. The van der Waals surface area contributed by atoms with Gasteiger partial charge in [0, 0.05) is 17.8 Å². The normalized spacial score (nSPS) is 10.4. The van der Waals surface area contributed by atoms with Crippen LogP contribution < -0.4 is 10.6 Å². The lowest BCUT2D eigenvalue weighted by molar-refractivity contribution is 0.102. The second-order valence-electron chi connectivity index (χ2n) is 4.93. The Bertz CT molecular complexity index is 621. The van der Waals surface area contributed by atoms with Gasteiger partial charge in [0.25, 0.3) is 5.91 Å². The van der Waals surface area contributed by atoms with Crippen LogP contribution in [0.25, 0.3) is 0 Å². The number of phenols is 1. The minimum Gasteiger partial charge on any atom is -0.508 e. The van der Waals surface area contributed by atoms with E-state index in [1.54, 1.807) is 19.1 Å². The molecule has 0 radical (unpaired) electrons. The molecule has 0 spiro atoms. The first-order chi connectivity index (χ1) is 10.1. The zero-order valence-corrected chi connectivity index (χ0v) is 12.3. The molecule has 0 aliphatic heterocycles. The molecule has 0 heterocycles. The Balaban J connectivity index is 2.03. The molecule has 0 fully saturated rings. The molecule has 2 aromatic carbocycles. The van der Waals surface area contributed by atoms with E-state index < -0.39 is 0 Å². The molecule has 21 heavy (non-hydrogen) atoms. The third kappa shape index (κ3) is 4.07. The molecule has 4 nitrogen and oxygen atoms in total. The molecule has 0 atom stereocenters. The summed E-state index contributed by atoms with van der Waals surface area (Å²) in [6.45, 7) is 5.59. The molecule has 0 aliphatic carbocycles. The molecule has 0 aliphatic rings. The van der Waals surface area contributed by atoms with Crippen LogP contribution in [0.15, 0.2) is 42.5 Å². The molecule has 0 unspecified atom stereocenters. The van der Waals surface area contributed by atoms with Gasteiger partial charge < -0.3 is 15.7 Å². The van der Waals surface area contributed by atoms with Crippen LogP contribution in [0.4, 0.5) is 5.69 Å². The fourth-order valence-electron chi connectivity index (χ4n) is 1.93. The Labute approximate surface area is 124 Å². The van der Waals surface area contributed by atoms with Crippen LogP contribution in [-0.2, 0) is 6.54 Å². The maximum Gasteiger partial charge on any atom is 0.255 e. The van der Waals surface area contributed by atoms with Crippen LogP contribution in [0.2, 0.25) is 0 Å². The number of hydrogen-bond acceptors (Lipinski definition) is 3. The number of hydrogen-bond donors (Lipinski definition) is 3. The summed E-state index contributed by atoms with van der Waals surface area (Å²) in [5, 5.41) is 15.7. The fraction of sp³-hybridized carbons (Fsp3) is 0.235. The molecule has 3 N–H and O–H groups in total. The van der Waals surface area contributed by atoms with Gasteiger partial charge in [-0.3, -0.25) is 4.79 Å². The number of benzene rings is 2. The average Bonchev–Trinajstić information content (AvgIpc) is 2.49. The number of carbonyl (C=O) groups is 1. The van der Waals surface area contributed by atoms with E-state index in [1.165, 1.54) is 11.6 Å². The summed E-state index contributed by atoms with van der Waals surface area (Å²) >= 11 is 0. The van der Waals surface area contributed by atoms with Gasteiger partial charge in [-0.1, -0.05) is 25.1 Å². The lowest BCUT2D eigenvalue weighted by atomic mass is 10.1. The largest absolute Gasteiger partial charge is 0.508 e. The van der Waals surface area contributed by atoms with Crippen LogP contribution >= 0.6 is 0 Å². The third-order valence-corrected chi connectivity index (χ3v) is 3.26. The predicted molar refractivity (Wildman–Crippen MR) is 84.6 cm³/mol. The fourth-order valence-corrected chi connectivity index (χ4v) is 1.93. The number of anilines is 1. The molecule has 4 heteroatoms. The van der Waals surface area contributed by atoms with Crippen LogP contribution in [0.3, 0.4) is 0 Å². The van der Waals surface area contributed by atoms with Crippen molar-refractivity contribution < 1.29 is 9.90 Å². The molecule has 0 bridgehead atoms. The first-order valence-electron chi connectivity index (χ1n) is 7.00. The molecular weight excluding hydrogens is 264 g/mol. The van der Waals surface area contributed by atoms with Crippen molar-refractivity contribution in [2.45, 2.75) is 20.4 Å². The summed E-state index contributed by atoms with van der Waals surface area (Å²) in [6.07, 6.45) is 0. The number of aromatic hydroxyl groups is 1. The highest BCUT2D eigenvalue weighted by atomic mass is 16.3. The summed E-state index contributed by atoms with van der Waals surface area (Å²) < 4.78 is 0. The van der Waals surface area contributed by atoms with E-state index in [2.05, 4.69) is 17.6 Å². The molecule has 0 aromatic heterocycles. The van der Waals surface area contributed by atoms with Crippen LogP contribution in [0.5, 0.6) is 5.75 Å². The highest BCUT2D eigenvalue weighted by Gasteiger charge is 2.08. The van der Waals surface area contributed by atoms with Gasteiger partial charge in [0.2, 0.25) is 0 Å². The Kier molecular flexibility index (Phi) is 4.95. The van der Waals surface area contributed by atoms with E-state index in [0.717, 1.165) is 24.3 Å². The zero-order chi connectivity index (χ0) is 15.2. The van der Waals surface area contributed by atoms with Crippen molar-refractivity contribution in [3.8, 4) is 5.75 Å². The second kappa shape index (κ2) is 6.90. The Hall–Kier alpha value is -2.33. The van der Waals surface area contributed by atoms with Crippen molar-refractivity contribution in [3.05, 3.63) is 59.2 Å². The topological polar surface area (TPSA) is 61.4 Å². The first-order valence-corrected chi connectivity index (χ1v) is 7.00. The van der Waals surface area contributed by atoms with Gasteiger partial charge in [0.1, 0.15) is 5.75 Å². The van der Waals surface area contributed by atoms with Crippen molar-refractivity contribution >= 4 is 11.6 Å². The van der Waals surface area contributed by atoms with E-state index in [4.69, 9.17) is 0 Å². The monoisotopic (exact) mass is 284 g/mol.